The van der Waals surface area contributed by atoms with Gasteiger partial charge in [0, 0.05) is 13.1 Å². The molecule has 7 heteroatoms. The maximum Gasteiger partial charge on any atom is 0.415 e. The minimum Gasteiger partial charge on any atom is -0.411 e. The van der Waals surface area contributed by atoms with Crippen LogP contribution in [0, 0.1) is 0 Å². The maximum atomic E-state index is 13.0. The van der Waals surface area contributed by atoms with E-state index in [1.54, 1.807) is 0 Å². The first kappa shape index (κ1) is 29.9. The number of hydrogen-bond acceptors (Lipinski definition) is 4. The third-order valence-corrected chi connectivity index (χ3v) is 6.75. The van der Waals surface area contributed by atoms with E-state index in [1.807, 2.05) is 17.1 Å². The van der Waals surface area contributed by atoms with Crippen molar-refractivity contribution in [3.8, 4) is 0 Å². The largest absolute Gasteiger partial charge is 0.415 e. The Morgan fingerprint density at radius 2 is 1.50 bits per heavy atom. The van der Waals surface area contributed by atoms with E-state index in [2.05, 4.69) is 42.5 Å². The van der Waals surface area contributed by atoms with Crippen LogP contribution in [0.1, 0.15) is 56.1 Å². The SMILES string of the molecule is Cl.Cl.NCCCCCCCCN(CCCN)C(=O)OC1=CCc2c(ccc3c4c(ccc23)=CC=C4)=C1. The van der Waals surface area contributed by atoms with E-state index < -0.39 is 0 Å². The quantitative estimate of drug-likeness (QED) is 0.385. The molecule has 0 saturated carbocycles. The smallest absolute Gasteiger partial charge is 0.411 e. The summed E-state index contributed by atoms with van der Waals surface area (Å²) in [5.41, 5.74) is 13.8. The van der Waals surface area contributed by atoms with Gasteiger partial charge in [0.2, 0.25) is 0 Å². The Labute approximate surface area is 226 Å². The number of fused-ring (bicyclic) bond motifs is 5. The van der Waals surface area contributed by atoms with Gasteiger partial charge in [0.25, 0.3) is 0 Å². The number of allylic oxidation sites excluding steroid dienone is 3. The lowest BCUT2D eigenvalue weighted by molar-refractivity contribution is 0.131. The summed E-state index contributed by atoms with van der Waals surface area (Å²) in [6.07, 6.45) is 18.5. The fraction of sp³-hybridized carbons (Fsp3) is 0.414. The molecular formula is C29H39Cl2N3O2. The van der Waals surface area contributed by atoms with Gasteiger partial charge >= 0.3 is 6.09 Å². The highest BCUT2D eigenvalue weighted by Gasteiger charge is 2.18. The molecule has 0 fully saturated rings. The molecule has 2 aliphatic carbocycles. The summed E-state index contributed by atoms with van der Waals surface area (Å²) in [5.74, 6) is 0.630. The molecule has 0 atom stereocenters. The number of benzene rings is 2. The topological polar surface area (TPSA) is 81.6 Å². The van der Waals surface area contributed by atoms with Crippen molar-refractivity contribution in [1.82, 2.24) is 4.90 Å². The van der Waals surface area contributed by atoms with Crippen molar-refractivity contribution in [3.63, 3.8) is 0 Å². The number of unbranched alkanes of at least 4 members (excludes halogenated alkanes) is 5. The molecule has 0 unspecified atom stereocenters. The monoisotopic (exact) mass is 531 g/mol. The zero-order valence-corrected chi connectivity index (χ0v) is 22.5. The van der Waals surface area contributed by atoms with Crippen LogP contribution in [0.5, 0.6) is 0 Å². The summed E-state index contributed by atoms with van der Waals surface area (Å²) in [6, 6.07) is 8.71. The number of carbonyl (C=O) groups is 1. The second kappa shape index (κ2) is 15.1. The zero-order chi connectivity index (χ0) is 23.8. The molecule has 0 bridgehead atoms. The first-order valence-electron chi connectivity index (χ1n) is 12.7. The van der Waals surface area contributed by atoms with E-state index in [0.717, 1.165) is 43.9 Å². The lowest BCUT2D eigenvalue weighted by atomic mass is 9.94. The van der Waals surface area contributed by atoms with Crippen LogP contribution in [0.2, 0.25) is 0 Å². The predicted molar refractivity (Wildman–Crippen MR) is 156 cm³/mol. The molecule has 0 saturated heterocycles. The molecule has 2 aromatic carbocycles. The molecule has 0 radical (unpaired) electrons. The van der Waals surface area contributed by atoms with E-state index in [9.17, 15) is 4.79 Å². The second-order valence-corrected chi connectivity index (χ2v) is 9.18. The minimum absolute atomic E-state index is 0. The summed E-state index contributed by atoms with van der Waals surface area (Å²) in [7, 11) is 0. The van der Waals surface area contributed by atoms with Gasteiger partial charge in [0.15, 0.2) is 0 Å². The number of nitrogens with two attached hydrogens (primary N) is 2. The minimum atomic E-state index is -0.276. The van der Waals surface area contributed by atoms with E-state index in [1.165, 1.54) is 46.4 Å². The fourth-order valence-corrected chi connectivity index (χ4v) is 4.85. The van der Waals surface area contributed by atoms with Gasteiger partial charge in [-0.1, -0.05) is 68.2 Å². The molecule has 0 aromatic heterocycles. The van der Waals surface area contributed by atoms with Gasteiger partial charge in [-0.2, -0.15) is 0 Å². The molecule has 4 N–H and O–H groups in total. The number of halogens is 2. The van der Waals surface area contributed by atoms with Crippen LogP contribution in [0.3, 0.4) is 0 Å². The highest BCUT2D eigenvalue weighted by molar-refractivity contribution is 5.96. The normalized spacial score (nSPS) is 12.9. The van der Waals surface area contributed by atoms with Crippen molar-refractivity contribution in [2.75, 3.05) is 26.2 Å². The number of ether oxygens (including phenoxy) is 1. The summed E-state index contributed by atoms with van der Waals surface area (Å²) >= 11 is 0. The predicted octanol–water partition coefficient (Wildman–Crippen LogP) is 4.80. The number of carbonyl (C=O) groups excluding carboxylic acids is 1. The van der Waals surface area contributed by atoms with E-state index in [-0.39, 0.29) is 30.9 Å². The molecule has 4 rings (SSSR count). The lowest BCUT2D eigenvalue weighted by Crippen LogP contribution is -2.34. The van der Waals surface area contributed by atoms with E-state index in [4.69, 9.17) is 16.2 Å². The molecule has 2 aliphatic rings. The fourth-order valence-electron chi connectivity index (χ4n) is 4.85. The van der Waals surface area contributed by atoms with Crippen LogP contribution in [-0.4, -0.2) is 37.2 Å². The Hall–Kier alpha value is -2.31. The van der Waals surface area contributed by atoms with Crippen molar-refractivity contribution in [3.05, 3.63) is 63.7 Å². The Balaban J connectivity index is 0.00000228. The molecule has 5 nitrogen and oxygen atoms in total. The van der Waals surface area contributed by atoms with Gasteiger partial charge < -0.3 is 21.1 Å². The molecule has 0 heterocycles. The van der Waals surface area contributed by atoms with Crippen LogP contribution in [0.15, 0.2) is 42.2 Å². The average Bonchev–Trinajstić information content (AvgIpc) is 3.34. The van der Waals surface area contributed by atoms with Crippen LogP contribution >= 0.6 is 24.8 Å². The summed E-state index contributed by atoms with van der Waals surface area (Å²) in [4.78, 5) is 14.8. The number of amides is 1. The second-order valence-electron chi connectivity index (χ2n) is 9.18. The summed E-state index contributed by atoms with van der Waals surface area (Å²) in [6.45, 7) is 2.67. The Morgan fingerprint density at radius 1 is 0.833 bits per heavy atom. The number of rotatable bonds is 12. The molecule has 0 aliphatic heterocycles. The van der Waals surface area contributed by atoms with Gasteiger partial charge in [0.1, 0.15) is 5.76 Å². The first-order valence-corrected chi connectivity index (χ1v) is 12.7. The van der Waals surface area contributed by atoms with Crippen LogP contribution in [-0.2, 0) is 11.2 Å². The molecule has 0 spiro atoms. The van der Waals surface area contributed by atoms with Gasteiger partial charge in [-0.25, -0.2) is 4.79 Å². The van der Waals surface area contributed by atoms with E-state index in [0.29, 0.717) is 25.4 Å². The van der Waals surface area contributed by atoms with Gasteiger partial charge in [-0.05, 0) is 83.3 Å². The third-order valence-electron chi connectivity index (χ3n) is 6.75. The number of hydrogen-bond donors (Lipinski definition) is 2. The van der Waals surface area contributed by atoms with Crippen molar-refractivity contribution >= 4 is 59.9 Å². The van der Waals surface area contributed by atoms with Crippen molar-refractivity contribution in [2.45, 2.75) is 51.4 Å². The van der Waals surface area contributed by atoms with Crippen LogP contribution in [0.4, 0.5) is 4.79 Å². The van der Waals surface area contributed by atoms with E-state index >= 15 is 0 Å². The van der Waals surface area contributed by atoms with Gasteiger partial charge in [-0.3, -0.25) is 0 Å². The molecule has 36 heavy (non-hydrogen) atoms. The van der Waals surface area contributed by atoms with Crippen LogP contribution < -0.4 is 21.9 Å². The average molecular weight is 533 g/mol. The summed E-state index contributed by atoms with van der Waals surface area (Å²) < 4.78 is 5.83. The number of nitrogens with zero attached hydrogens (tertiary/aromatic N) is 1. The van der Waals surface area contributed by atoms with Crippen LogP contribution in [0.25, 0.3) is 29.0 Å². The Morgan fingerprint density at radius 3 is 2.28 bits per heavy atom. The Bertz CT molecular complexity index is 1210. The maximum absolute atomic E-state index is 13.0. The zero-order valence-electron chi connectivity index (χ0n) is 20.9. The Kier molecular flexibility index (Phi) is 12.5. The third kappa shape index (κ3) is 7.36. The lowest BCUT2D eigenvalue weighted by Gasteiger charge is -2.23. The van der Waals surface area contributed by atoms with Gasteiger partial charge in [-0.15, -0.1) is 24.8 Å². The highest BCUT2D eigenvalue weighted by Crippen LogP contribution is 2.23. The van der Waals surface area contributed by atoms with Crippen molar-refractivity contribution < 1.29 is 9.53 Å². The summed E-state index contributed by atoms with van der Waals surface area (Å²) in [5, 5.41) is 4.94. The molecular weight excluding hydrogens is 493 g/mol. The molecule has 1 amide bonds. The van der Waals surface area contributed by atoms with Crippen molar-refractivity contribution in [1.29, 1.82) is 0 Å². The van der Waals surface area contributed by atoms with Crippen molar-refractivity contribution in [2.24, 2.45) is 11.5 Å². The molecule has 2 aromatic rings. The first-order chi connectivity index (χ1) is 16.7. The highest BCUT2D eigenvalue weighted by atomic mass is 35.5. The standard InChI is InChI=1S/C29H37N3O2.2ClH/c30-17-5-3-1-2-4-6-19-32(20-8-18-31)29(33)34-24-13-16-26-23(21-24)12-15-27-25-10-7-9-22(25)11-14-28(26)27;;/h7,9-15,21H,1-6,8,16-20,30-31H2;2*1H. The molecule has 196 valence electrons. The van der Waals surface area contributed by atoms with Gasteiger partial charge in [0.05, 0.1) is 0 Å².